The highest BCUT2D eigenvalue weighted by molar-refractivity contribution is 9.10. The molecule has 1 heterocycles. The molecule has 30 heavy (non-hydrogen) atoms. The average Bonchev–Trinajstić information content (AvgIpc) is 3.01. The highest BCUT2D eigenvalue weighted by atomic mass is 79.9. The Balaban J connectivity index is 1.50. The quantitative estimate of drug-likeness (QED) is 0.293. The van der Waals surface area contributed by atoms with E-state index in [0.29, 0.717) is 15.0 Å². The van der Waals surface area contributed by atoms with Crippen LogP contribution in [0.25, 0.3) is 6.08 Å². The van der Waals surface area contributed by atoms with Gasteiger partial charge in [-0.2, -0.15) is 0 Å². The first kappa shape index (κ1) is 20.8. The number of anilines is 1. The predicted molar refractivity (Wildman–Crippen MR) is 127 cm³/mol. The Morgan fingerprint density at radius 2 is 1.87 bits per heavy atom. The molecular formula is C23H15BrFNO2S2. The van der Waals surface area contributed by atoms with Crippen molar-refractivity contribution < 1.29 is 13.9 Å². The Bertz CT molecular complexity index is 1150. The van der Waals surface area contributed by atoms with E-state index in [9.17, 15) is 9.18 Å². The number of nitrogens with zero attached hydrogens (tertiary/aromatic N) is 1. The molecule has 1 saturated heterocycles. The van der Waals surface area contributed by atoms with Gasteiger partial charge < -0.3 is 4.74 Å². The number of benzene rings is 3. The highest BCUT2D eigenvalue weighted by Crippen LogP contribution is 2.36. The largest absolute Gasteiger partial charge is 0.488 e. The van der Waals surface area contributed by atoms with Gasteiger partial charge in [-0.25, -0.2) is 4.39 Å². The molecule has 0 saturated carbocycles. The third kappa shape index (κ3) is 4.64. The van der Waals surface area contributed by atoms with E-state index in [-0.39, 0.29) is 18.3 Å². The Hall–Kier alpha value is -2.48. The molecule has 0 atom stereocenters. The number of para-hydroxylation sites is 1. The van der Waals surface area contributed by atoms with Crippen molar-refractivity contribution in [2.24, 2.45) is 0 Å². The lowest BCUT2D eigenvalue weighted by Crippen LogP contribution is -2.27. The summed E-state index contributed by atoms with van der Waals surface area (Å²) in [6.07, 6.45) is 1.81. The number of hydrogen-bond acceptors (Lipinski definition) is 4. The summed E-state index contributed by atoms with van der Waals surface area (Å²) in [5.41, 5.74) is 2.34. The Kier molecular flexibility index (Phi) is 6.32. The lowest BCUT2D eigenvalue weighted by molar-refractivity contribution is -0.113. The number of amides is 1. The van der Waals surface area contributed by atoms with E-state index in [2.05, 4.69) is 15.9 Å². The summed E-state index contributed by atoms with van der Waals surface area (Å²) in [6.45, 7) is 0.255. The Morgan fingerprint density at radius 3 is 2.60 bits per heavy atom. The maximum atomic E-state index is 13.3. The SMILES string of the molecule is O=C1/C(=C\c2ccc(OCc3cccc(F)c3)c(Br)c2)SC(=S)N1c1ccccc1. The van der Waals surface area contributed by atoms with Gasteiger partial charge in [-0.1, -0.05) is 60.4 Å². The van der Waals surface area contributed by atoms with Gasteiger partial charge in [0, 0.05) is 0 Å². The molecule has 150 valence electrons. The zero-order valence-corrected chi connectivity index (χ0v) is 18.8. The zero-order valence-electron chi connectivity index (χ0n) is 15.5. The van der Waals surface area contributed by atoms with Crippen molar-refractivity contribution in [3.8, 4) is 5.75 Å². The van der Waals surface area contributed by atoms with Crippen LogP contribution in [-0.4, -0.2) is 10.2 Å². The van der Waals surface area contributed by atoms with E-state index in [0.717, 1.165) is 21.3 Å². The van der Waals surface area contributed by atoms with Gasteiger partial charge in [-0.05, 0) is 69.5 Å². The molecule has 3 aromatic rings. The van der Waals surface area contributed by atoms with Crippen molar-refractivity contribution in [1.29, 1.82) is 0 Å². The van der Waals surface area contributed by atoms with Gasteiger partial charge in [0.15, 0.2) is 4.32 Å². The molecule has 4 rings (SSSR count). The number of thiocarbonyl (C=S) groups is 1. The van der Waals surface area contributed by atoms with Gasteiger partial charge in [0.25, 0.3) is 5.91 Å². The van der Waals surface area contributed by atoms with Gasteiger partial charge in [0.2, 0.25) is 0 Å². The molecule has 0 bridgehead atoms. The van der Waals surface area contributed by atoms with Gasteiger partial charge in [0.1, 0.15) is 18.2 Å². The van der Waals surface area contributed by atoms with Crippen LogP contribution in [0, 0.1) is 5.82 Å². The van der Waals surface area contributed by atoms with Gasteiger partial charge in [-0.3, -0.25) is 9.69 Å². The molecule has 7 heteroatoms. The third-order valence-corrected chi connectivity index (χ3v) is 6.27. The molecule has 1 fully saturated rings. The summed E-state index contributed by atoms with van der Waals surface area (Å²) < 4.78 is 20.3. The first-order chi connectivity index (χ1) is 14.5. The third-order valence-electron chi connectivity index (χ3n) is 4.35. The van der Waals surface area contributed by atoms with Crippen LogP contribution >= 0.6 is 39.9 Å². The smallest absolute Gasteiger partial charge is 0.270 e. The zero-order chi connectivity index (χ0) is 21.1. The fourth-order valence-corrected chi connectivity index (χ4v) is 4.74. The summed E-state index contributed by atoms with van der Waals surface area (Å²) in [5, 5.41) is 0. The fraction of sp³-hybridized carbons (Fsp3) is 0.0435. The van der Waals surface area contributed by atoms with E-state index in [1.165, 1.54) is 28.8 Å². The number of thioether (sulfide) groups is 1. The lowest BCUT2D eigenvalue weighted by atomic mass is 10.2. The summed E-state index contributed by atoms with van der Waals surface area (Å²) in [4.78, 5) is 14.9. The molecule has 0 spiro atoms. The second-order valence-corrected chi connectivity index (χ2v) is 8.99. The molecule has 0 aromatic heterocycles. The summed E-state index contributed by atoms with van der Waals surface area (Å²) in [6, 6.07) is 21.2. The average molecular weight is 500 g/mol. The van der Waals surface area contributed by atoms with Crippen molar-refractivity contribution in [2.45, 2.75) is 6.61 Å². The minimum atomic E-state index is -0.293. The molecule has 0 radical (unpaired) electrons. The first-order valence-electron chi connectivity index (χ1n) is 9.01. The molecule has 0 aliphatic carbocycles. The molecule has 1 amide bonds. The molecule has 3 aromatic carbocycles. The van der Waals surface area contributed by atoms with Crippen molar-refractivity contribution >= 4 is 61.9 Å². The number of ether oxygens (including phenoxy) is 1. The summed E-state index contributed by atoms with van der Waals surface area (Å²) in [5.74, 6) is 0.199. The van der Waals surface area contributed by atoms with Crippen LogP contribution < -0.4 is 9.64 Å². The van der Waals surface area contributed by atoms with Crippen molar-refractivity contribution in [2.75, 3.05) is 4.90 Å². The van der Waals surface area contributed by atoms with Crippen LogP contribution in [0.3, 0.4) is 0 Å². The van der Waals surface area contributed by atoms with Crippen LogP contribution in [0.2, 0.25) is 0 Å². The van der Waals surface area contributed by atoms with Crippen molar-refractivity contribution in [3.05, 3.63) is 99.1 Å². The molecule has 1 aliphatic rings. The van der Waals surface area contributed by atoms with Crippen LogP contribution in [-0.2, 0) is 11.4 Å². The van der Waals surface area contributed by atoms with E-state index < -0.39 is 0 Å². The van der Waals surface area contributed by atoms with E-state index in [4.69, 9.17) is 17.0 Å². The minimum Gasteiger partial charge on any atom is -0.488 e. The van der Waals surface area contributed by atoms with Crippen LogP contribution in [0.15, 0.2) is 82.2 Å². The van der Waals surface area contributed by atoms with Crippen LogP contribution in [0.4, 0.5) is 10.1 Å². The molecule has 0 N–H and O–H groups in total. The Labute approximate surface area is 191 Å². The number of rotatable bonds is 5. The number of carbonyl (C=O) groups is 1. The number of carbonyl (C=O) groups excluding carboxylic acids is 1. The van der Waals surface area contributed by atoms with Crippen LogP contribution in [0.1, 0.15) is 11.1 Å². The number of halogens is 2. The maximum Gasteiger partial charge on any atom is 0.270 e. The monoisotopic (exact) mass is 499 g/mol. The minimum absolute atomic E-state index is 0.140. The Morgan fingerprint density at radius 1 is 1.07 bits per heavy atom. The lowest BCUT2D eigenvalue weighted by Gasteiger charge is -2.13. The topological polar surface area (TPSA) is 29.5 Å². The first-order valence-corrected chi connectivity index (χ1v) is 11.0. The van der Waals surface area contributed by atoms with Gasteiger partial charge in [-0.15, -0.1) is 0 Å². The summed E-state index contributed by atoms with van der Waals surface area (Å²) in [7, 11) is 0. The molecule has 3 nitrogen and oxygen atoms in total. The van der Waals surface area contributed by atoms with Crippen molar-refractivity contribution in [3.63, 3.8) is 0 Å². The fourth-order valence-electron chi connectivity index (χ4n) is 2.93. The molecular weight excluding hydrogens is 485 g/mol. The standard InChI is InChI=1S/C23H15BrFNO2S2/c24-19-12-15(9-10-20(19)28-14-16-5-4-6-17(25)11-16)13-21-22(27)26(23(29)30-21)18-7-2-1-3-8-18/h1-13H,14H2/b21-13+. The number of hydrogen-bond donors (Lipinski definition) is 0. The van der Waals surface area contributed by atoms with Gasteiger partial charge >= 0.3 is 0 Å². The van der Waals surface area contributed by atoms with E-state index in [1.807, 2.05) is 54.6 Å². The second-order valence-electron chi connectivity index (χ2n) is 6.46. The van der Waals surface area contributed by atoms with E-state index >= 15 is 0 Å². The highest BCUT2D eigenvalue weighted by Gasteiger charge is 2.33. The normalized spacial score (nSPS) is 15.1. The van der Waals surface area contributed by atoms with Crippen LogP contribution in [0.5, 0.6) is 5.75 Å². The van der Waals surface area contributed by atoms with Gasteiger partial charge in [0.05, 0.1) is 15.1 Å². The van der Waals surface area contributed by atoms with Crippen molar-refractivity contribution in [1.82, 2.24) is 0 Å². The predicted octanol–water partition coefficient (Wildman–Crippen LogP) is 6.57. The summed E-state index contributed by atoms with van der Waals surface area (Å²) >= 11 is 10.2. The second kappa shape index (κ2) is 9.12. The molecule has 0 unspecified atom stereocenters. The molecule has 1 aliphatic heterocycles. The van der Waals surface area contributed by atoms with E-state index in [1.54, 1.807) is 12.1 Å². The maximum absolute atomic E-state index is 13.3.